The molecule has 0 spiro atoms. The van der Waals surface area contributed by atoms with Crippen LogP contribution in [0.2, 0.25) is 5.02 Å². The van der Waals surface area contributed by atoms with Gasteiger partial charge in [-0.25, -0.2) is 0 Å². The standard InChI is InChI=1S/C13H15ClO3/c1-8(15)6-10-9(2)13-12(7-11(10)14)16-4-3-5-17-13/h7H,3-6H2,1-2H3. The fourth-order valence-corrected chi connectivity index (χ4v) is 2.24. The number of benzene rings is 1. The minimum Gasteiger partial charge on any atom is -0.489 e. The molecule has 3 nitrogen and oxygen atoms in total. The lowest BCUT2D eigenvalue weighted by Crippen LogP contribution is -2.03. The van der Waals surface area contributed by atoms with Crippen LogP contribution in [-0.2, 0) is 11.2 Å². The summed E-state index contributed by atoms with van der Waals surface area (Å²) in [5, 5.41) is 0.571. The summed E-state index contributed by atoms with van der Waals surface area (Å²) in [4.78, 5) is 11.2. The van der Waals surface area contributed by atoms with Gasteiger partial charge in [0.25, 0.3) is 0 Å². The fourth-order valence-electron chi connectivity index (χ4n) is 1.94. The van der Waals surface area contributed by atoms with Crippen molar-refractivity contribution in [3.63, 3.8) is 0 Å². The predicted octanol–water partition coefficient (Wildman–Crippen LogP) is 2.94. The van der Waals surface area contributed by atoms with E-state index in [2.05, 4.69) is 0 Å². The molecule has 17 heavy (non-hydrogen) atoms. The van der Waals surface area contributed by atoms with E-state index in [-0.39, 0.29) is 5.78 Å². The molecule has 1 aliphatic heterocycles. The van der Waals surface area contributed by atoms with E-state index in [9.17, 15) is 4.79 Å². The smallest absolute Gasteiger partial charge is 0.164 e. The molecule has 0 saturated carbocycles. The molecule has 0 atom stereocenters. The Labute approximate surface area is 106 Å². The summed E-state index contributed by atoms with van der Waals surface area (Å²) < 4.78 is 11.2. The monoisotopic (exact) mass is 254 g/mol. The van der Waals surface area contributed by atoms with Crippen LogP contribution in [0.4, 0.5) is 0 Å². The highest BCUT2D eigenvalue weighted by Gasteiger charge is 2.19. The molecular weight excluding hydrogens is 240 g/mol. The Morgan fingerprint density at radius 3 is 2.82 bits per heavy atom. The number of carbonyl (C=O) groups excluding carboxylic acids is 1. The highest BCUT2D eigenvalue weighted by Crippen LogP contribution is 2.39. The molecule has 2 rings (SSSR count). The van der Waals surface area contributed by atoms with Crippen LogP contribution in [0, 0.1) is 6.92 Å². The van der Waals surface area contributed by atoms with Gasteiger partial charge in [-0.2, -0.15) is 0 Å². The third kappa shape index (κ3) is 2.55. The van der Waals surface area contributed by atoms with Crippen molar-refractivity contribution < 1.29 is 14.3 Å². The molecular formula is C13H15ClO3. The van der Waals surface area contributed by atoms with Gasteiger partial charge < -0.3 is 9.47 Å². The molecule has 1 aliphatic rings. The van der Waals surface area contributed by atoms with E-state index >= 15 is 0 Å². The van der Waals surface area contributed by atoms with Crippen molar-refractivity contribution >= 4 is 17.4 Å². The maximum absolute atomic E-state index is 11.2. The van der Waals surface area contributed by atoms with Crippen molar-refractivity contribution in [2.75, 3.05) is 13.2 Å². The summed E-state index contributed by atoms with van der Waals surface area (Å²) in [5.41, 5.74) is 1.74. The first kappa shape index (κ1) is 12.2. The first-order chi connectivity index (χ1) is 8.09. The minimum atomic E-state index is 0.0875. The van der Waals surface area contributed by atoms with E-state index in [4.69, 9.17) is 21.1 Å². The second-order valence-electron chi connectivity index (χ2n) is 4.22. The van der Waals surface area contributed by atoms with E-state index in [1.165, 1.54) is 0 Å². The fraction of sp³-hybridized carbons (Fsp3) is 0.462. The first-order valence-corrected chi connectivity index (χ1v) is 6.04. The maximum Gasteiger partial charge on any atom is 0.164 e. The Kier molecular flexibility index (Phi) is 3.57. The number of hydrogen-bond acceptors (Lipinski definition) is 3. The van der Waals surface area contributed by atoms with Crippen LogP contribution in [-0.4, -0.2) is 19.0 Å². The van der Waals surface area contributed by atoms with Gasteiger partial charge in [0, 0.05) is 29.5 Å². The highest BCUT2D eigenvalue weighted by molar-refractivity contribution is 6.32. The molecule has 0 amide bonds. The lowest BCUT2D eigenvalue weighted by atomic mass is 10.0. The first-order valence-electron chi connectivity index (χ1n) is 5.66. The van der Waals surface area contributed by atoms with E-state index < -0.39 is 0 Å². The van der Waals surface area contributed by atoms with Gasteiger partial charge in [0.2, 0.25) is 0 Å². The van der Waals surface area contributed by atoms with Crippen molar-refractivity contribution in [2.24, 2.45) is 0 Å². The summed E-state index contributed by atoms with van der Waals surface area (Å²) in [6.07, 6.45) is 1.19. The van der Waals surface area contributed by atoms with Crippen molar-refractivity contribution in [1.82, 2.24) is 0 Å². The van der Waals surface area contributed by atoms with Gasteiger partial charge in [0.1, 0.15) is 5.78 Å². The number of ketones is 1. The topological polar surface area (TPSA) is 35.5 Å². The minimum absolute atomic E-state index is 0.0875. The average Bonchev–Trinajstić information content (AvgIpc) is 2.49. The maximum atomic E-state index is 11.2. The Morgan fingerprint density at radius 2 is 2.12 bits per heavy atom. The summed E-state index contributed by atoms with van der Waals surface area (Å²) in [6, 6.07) is 1.74. The van der Waals surface area contributed by atoms with Gasteiger partial charge in [0.15, 0.2) is 11.5 Å². The summed E-state index contributed by atoms with van der Waals surface area (Å²) in [6.45, 7) is 4.74. The van der Waals surface area contributed by atoms with Crippen molar-refractivity contribution in [2.45, 2.75) is 26.7 Å². The van der Waals surface area contributed by atoms with E-state index in [0.29, 0.717) is 30.4 Å². The molecule has 0 radical (unpaired) electrons. The normalized spacial score (nSPS) is 14.3. The number of ether oxygens (including phenoxy) is 2. The summed E-state index contributed by atoms with van der Waals surface area (Å²) in [7, 11) is 0. The van der Waals surface area contributed by atoms with Crippen LogP contribution in [0.15, 0.2) is 6.07 Å². The average molecular weight is 255 g/mol. The van der Waals surface area contributed by atoms with Gasteiger partial charge >= 0.3 is 0 Å². The number of carbonyl (C=O) groups is 1. The van der Waals surface area contributed by atoms with Gasteiger partial charge in [-0.3, -0.25) is 4.79 Å². The molecule has 0 N–H and O–H groups in total. The number of halogens is 1. The van der Waals surface area contributed by atoms with Gasteiger partial charge in [-0.15, -0.1) is 0 Å². The van der Waals surface area contributed by atoms with E-state index in [1.54, 1.807) is 13.0 Å². The molecule has 0 saturated heterocycles. The number of fused-ring (bicyclic) bond motifs is 1. The predicted molar refractivity (Wildman–Crippen MR) is 66.2 cm³/mol. The lowest BCUT2D eigenvalue weighted by Gasteiger charge is -2.15. The molecule has 4 heteroatoms. The van der Waals surface area contributed by atoms with Crippen LogP contribution in [0.25, 0.3) is 0 Å². The molecule has 1 aromatic rings. The molecule has 0 fully saturated rings. The zero-order valence-corrected chi connectivity index (χ0v) is 10.8. The third-order valence-corrected chi connectivity index (χ3v) is 3.12. The lowest BCUT2D eigenvalue weighted by molar-refractivity contribution is -0.116. The van der Waals surface area contributed by atoms with Crippen LogP contribution in [0.5, 0.6) is 11.5 Å². The van der Waals surface area contributed by atoms with E-state index in [1.807, 2.05) is 6.92 Å². The van der Waals surface area contributed by atoms with Crippen LogP contribution >= 0.6 is 11.6 Å². The molecule has 92 valence electrons. The molecule has 0 bridgehead atoms. The highest BCUT2D eigenvalue weighted by atomic mass is 35.5. The second kappa shape index (κ2) is 4.96. The molecule has 1 heterocycles. The summed E-state index contributed by atoms with van der Waals surface area (Å²) in [5.74, 6) is 1.49. The number of Topliss-reactive ketones (excluding diaryl/α,β-unsaturated/α-hetero) is 1. The summed E-state index contributed by atoms with van der Waals surface area (Å²) >= 11 is 6.18. The Hall–Kier alpha value is -1.22. The Bertz CT molecular complexity index is 454. The zero-order chi connectivity index (χ0) is 12.4. The second-order valence-corrected chi connectivity index (χ2v) is 4.63. The largest absolute Gasteiger partial charge is 0.489 e. The quantitative estimate of drug-likeness (QED) is 0.814. The number of hydrogen-bond donors (Lipinski definition) is 0. The van der Waals surface area contributed by atoms with Crippen molar-refractivity contribution in [3.8, 4) is 11.5 Å². The SMILES string of the molecule is CC(=O)Cc1c(Cl)cc2c(c1C)OCCCO2. The van der Waals surface area contributed by atoms with Crippen molar-refractivity contribution in [1.29, 1.82) is 0 Å². The van der Waals surface area contributed by atoms with Gasteiger partial charge in [-0.05, 0) is 19.4 Å². The van der Waals surface area contributed by atoms with Crippen molar-refractivity contribution in [3.05, 3.63) is 22.2 Å². The van der Waals surface area contributed by atoms with E-state index in [0.717, 1.165) is 23.3 Å². The van der Waals surface area contributed by atoms with Gasteiger partial charge in [-0.1, -0.05) is 11.6 Å². The third-order valence-electron chi connectivity index (χ3n) is 2.78. The Morgan fingerprint density at radius 1 is 1.41 bits per heavy atom. The number of rotatable bonds is 2. The van der Waals surface area contributed by atoms with Crippen LogP contribution in [0.1, 0.15) is 24.5 Å². The molecule has 1 aromatic carbocycles. The molecule has 0 aromatic heterocycles. The zero-order valence-electron chi connectivity index (χ0n) is 10.0. The molecule has 0 unspecified atom stereocenters. The van der Waals surface area contributed by atoms with Gasteiger partial charge in [0.05, 0.1) is 13.2 Å². The van der Waals surface area contributed by atoms with Crippen LogP contribution < -0.4 is 9.47 Å². The van der Waals surface area contributed by atoms with Crippen LogP contribution in [0.3, 0.4) is 0 Å². The molecule has 0 aliphatic carbocycles. The Balaban J connectivity index is 2.48.